The van der Waals surface area contributed by atoms with Crippen LogP contribution in [0.25, 0.3) is 0 Å². The number of sulfone groups is 1. The van der Waals surface area contributed by atoms with Gasteiger partial charge in [0.25, 0.3) is 0 Å². The van der Waals surface area contributed by atoms with Crippen molar-refractivity contribution in [1.82, 2.24) is 10.2 Å². The lowest BCUT2D eigenvalue weighted by atomic mass is 10.1. The number of rotatable bonds is 4. The Morgan fingerprint density at radius 3 is 2.29 bits per heavy atom. The van der Waals surface area contributed by atoms with Crippen molar-refractivity contribution >= 4 is 9.84 Å². The summed E-state index contributed by atoms with van der Waals surface area (Å²) in [5.74, 6) is 0. The Hall–Kier alpha value is -0.390. The van der Waals surface area contributed by atoms with Gasteiger partial charge in [-0.05, 0) is 27.7 Å². The van der Waals surface area contributed by atoms with Crippen molar-refractivity contribution in [1.29, 1.82) is 0 Å². The minimum Gasteiger partial charge on any atom is -0.309 e. The maximum Gasteiger partial charge on any atom is 0.173 e. The van der Waals surface area contributed by atoms with Crippen molar-refractivity contribution in [2.75, 3.05) is 19.6 Å². The Kier molecular flexibility index (Phi) is 5.16. The Morgan fingerprint density at radius 2 is 1.82 bits per heavy atom. The van der Waals surface area contributed by atoms with E-state index in [0.717, 1.165) is 13.1 Å². The molecule has 1 rings (SSSR count). The summed E-state index contributed by atoms with van der Waals surface area (Å²) in [6, 6.07) is 0.933. The molecule has 1 fully saturated rings. The van der Waals surface area contributed by atoms with E-state index in [0.29, 0.717) is 18.6 Å². The highest BCUT2D eigenvalue weighted by Gasteiger charge is 2.19. The van der Waals surface area contributed by atoms with E-state index in [1.54, 1.807) is 19.9 Å². The SMILES string of the molecule is CC1CN(CC=CS(=O)(=O)C(C)C)CC(C)N1. The molecule has 0 radical (unpaired) electrons. The molecule has 1 aliphatic rings. The molecule has 0 amide bonds. The Balaban J connectivity index is 2.48. The maximum absolute atomic E-state index is 11.6. The summed E-state index contributed by atoms with van der Waals surface area (Å²) < 4.78 is 23.2. The lowest BCUT2D eigenvalue weighted by Crippen LogP contribution is -2.54. The van der Waals surface area contributed by atoms with Gasteiger partial charge < -0.3 is 5.32 Å². The zero-order valence-electron chi connectivity index (χ0n) is 11.2. The van der Waals surface area contributed by atoms with Crippen LogP contribution in [0.5, 0.6) is 0 Å². The van der Waals surface area contributed by atoms with Gasteiger partial charge in [-0.3, -0.25) is 4.90 Å². The standard InChI is InChI=1S/C12H24N2O2S/c1-10(2)17(15,16)7-5-6-14-8-11(3)13-12(4)9-14/h5,7,10-13H,6,8-9H2,1-4H3. The number of nitrogens with zero attached hydrogens (tertiary/aromatic N) is 1. The van der Waals surface area contributed by atoms with Crippen molar-refractivity contribution < 1.29 is 8.42 Å². The molecule has 1 saturated heterocycles. The van der Waals surface area contributed by atoms with Crippen molar-refractivity contribution in [2.45, 2.75) is 45.0 Å². The first-order chi connectivity index (χ1) is 7.81. The molecule has 100 valence electrons. The van der Waals surface area contributed by atoms with Gasteiger partial charge in [-0.1, -0.05) is 6.08 Å². The second-order valence-corrected chi connectivity index (χ2v) is 7.59. The van der Waals surface area contributed by atoms with E-state index >= 15 is 0 Å². The quantitative estimate of drug-likeness (QED) is 0.819. The van der Waals surface area contributed by atoms with Crippen LogP contribution < -0.4 is 5.32 Å². The number of piperazine rings is 1. The highest BCUT2D eigenvalue weighted by atomic mass is 32.2. The van der Waals surface area contributed by atoms with Crippen LogP contribution in [0.3, 0.4) is 0 Å². The van der Waals surface area contributed by atoms with Crippen LogP contribution >= 0.6 is 0 Å². The van der Waals surface area contributed by atoms with Gasteiger partial charge in [0.05, 0.1) is 5.25 Å². The van der Waals surface area contributed by atoms with Gasteiger partial charge in [0.1, 0.15) is 0 Å². The lowest BCUT2D eigenvalue weighted by molar-refractivity contribution is 0.189. The molecule has 0 aromatic rings. The van der Waals surface area contributed by atoms with Crippen molar-refractivity contribution in [3.63, 3.8) is 0 Å². The van der Waals surface area contributed by atoms with Crippen LogP contribution in [0.15, 0.2) is 11.5 Å². The summed E-state index contributed by atoms with van der Waals surface area (Å²) in [6.45, 7) is 10.4. The third kappa shape index (κ3) is 4.77. The molecule has 4 nitrogen and oxygen atoms in total. The van der Waals surface area contributed by atoms with Crippen LogP contribution in [-0.2, 0) is 9.84 Å². The van der Waals surface area contributed by atoms with E-state index in [-0.39, 0.29) is 5.25 Å². The molecule has 1 heterocycles. The number of hydrogen-bond acceptors (Lipinski definition) is 4. The van der Waals surface area contributed by atoms with Crippen LogP contribution in [0.1, 0.15) is 27.7 Å². The normalized spacial score (nSPS) is 28.1. The largest absolute Gasteiger partial charge is 0.309 e. The fourth-order valence-electron chi connectivity index (χ4n) is 2.07. The third-order valence-corrected chi connectivity index (χ3v) is 4.83. The van der Waals surface area contributed by atoms with Gasteiger partial charge in [-0.15, -0.1) is 0 Å². The Labute approximate surface area is 105 Å². The number of nitrogens with one attached hydrogen (secondary N) is 1. The van der Waals surface area contributed by atoms with Crippen molar-refractivity contribution in [2.24, 2.45) is 0 Å². The zero-order chi connectivity index (χ0) is 13.1. The predicted octanol–water partition coefficient (Wildman–Crippen LogP) is 1.01. The molecule has 0 aliphatic carbocycles. The van der Waals surface area contributed by atoms with Gasteiger partial charge in [0.2, 0.25) is 0 Å². The molecule has 1 aliphatic heterocycles. The van der Waals surface area contributed by atoms with Crippen LogP contribution in [0.2, 0.25) is 0 Å². The van der Waals surface area contributed by atoms with Crippen molar-refractivity contribution in [3.8, 4) is 0 Å². The first-order valence-corrected chi connectivity index (χ1v) is 7.81. The molecule has 0 aromatic carbocycles. The van der Waals surface area contributed by atoms with E-state index < -0.39 is 9.84 Å². The van der Waals surface area contributed by atoms with E-state index in [9.17, 15) is 8.42 Å². The maximum atomic E-state index is 11.6. The van der Waals surface area contributed by atoms with Crippen molar-refractivity contribution in [3.05, 3.63) is 11.5 Å². The van der Waals surface area contributed by atoms with E-state index in [4.69, 9.17) is 0 Å². The minimum atomic E-state index is -3.05. The fraction of sp³-hybridized carbons (Fsp3) is 0.833. The van der Waals surface area contributed by atoms with Crippen LogP contribution in [0, 0.1) is 0 Å². The molecule has 0 saturated carbocycles. The molecule has 2 atom stereocenters. The predicted molar refractivity (Wildman–Crippen MR) is 71.7 cm³/mol. The lowest BCUT2D eigenvalue weighted by Gasteiger charge is -2.35. The molecule has 5 heteroatoms. The summed E-state index contributed by atoms with van der Waals surface area (Å²) in [5.41, 5.74) is 0. The van der Waals surface area contributed by atoms with Crippen LogP contribution in [0.4, 0.5) is 0 Å². The summed E-state index contributed by atoms with van der Waals surface area (Å²) in [4.78, 5) is 2.28. The van der Waals surface area contributed by atoms with Gasteiger partial charge in [0, 0.05) is 37.1 Å². The molecular formula is C12H24N2O2S. The van der Waals surface area contributed by atoms with Gasteiger partial charge >= 0.3 is 0 Å². The van der Waals surface area contributed by atoms with Gasteiger partial charge in [-0.25, -0.2) is 8.42 Å². The Morgan fingerprint density at radius 1 is 1.29 bits per heavy atom. The zero-order valence-corrected chi connectivity index (χ0v) is 12.0. The summed E-state index contributed by atoms with van der Waals surface area (Å²) in [5, 5.41) is 4.47. The molecule has 1 N–H and O–H groups in total. The first kappa shape index (κ1) is 14.7. The Bertz CT molecular complexity index is 353. The highest BCUT2D eigenvalue weighted by Crippen LogP contribution is 2.06. The van der Waals surface area contributed by atoms with Gasteiger partial charge in [0.15, 0.2) is 9.84 Å². The average Bonchev–Trinajstić information content (AvgIpc) is 2.15. The summed E-state index contributed by atoms with van der Waals surface area (Å²) >= 11 is 0. The van der Waals surface area contributed by atoms with Gasteiger partial charge in [-0.2, -0.15) is 0 Å². The smallest absolute Gasteiger partial charge is 0.173 e. The highest BCUT2D eigenvalue weighted by molar-refractivity contribution is 7.94. The van der Waals surface area contributed by atoms with E-state index in [1.165, 1.54) is 5.41 Å². The first-order valence-electron chi connectivity index (χ1n) is 6.20. The molecule has 0 bridgehead atoms. The monoisotopic (exact) mass is 260 g/mol. The second kappa shape index (κ2) is 5.98. The van der Waals surface area contributed by atoms with Crippen LogP contribution in [-0.4, -0.2) is 50.3 Å². The van der Waals surface area contributed by atoms with E-state index in [2.05, 4.69) is 24.1 Å². The second-order valence-electron chi connectivity index (χ2n) is 5.20. The third-order valence-electron chi connectivity index (χ3n) is 2.94. The molecular weight excluding hydrogens is 236 g/mol. The van der Waals surface area contributed by atoms with E-state index in [1.807, 2.05) is 0 Å². The summed E-state index contributed by atoms with van der Waals surface area (Å²) in [6.07, 6.45) is 1.76. The molecule has 2 unspecified atom stereocenters. The number of hydrogen-bond donors (Lipinski definition) is 1. The fourth-order valence-corrected chi connectivity index (χ4v) is 2.74. The average molecular weight is 260 g/mol. The molecule has 0 spiro atoms. The molecule has 17 heavy (non-hydrogen) atoms. The molecule has 0 aromatic heterocycles. The topological polar surface area (TPSA) is 49.4 Å². The minimum absolute atomic E-state index is 0.334. The summed E-state index contributed by atoms with van der Waals surface area (Å²) in [7, 11) is -3.05.